The first-order valence-electron chi connectivity index (χ1n) is 9.64. The minimum absolute atomic E-state index is 0.124. The quantitative estimate of drug-likeness (QED) is 0.474. The van der Waals surface area contributed by atoms with Gasteiger partial charge >= 0.3 is 0 Å². The number of para-hydroxylation sites is 1. The van der Waals surface area contributed by atoms with Crippen molar-refractivity contribution in [2.24, 2.45) is 0 Å². The van der Waals surface area contributed by atoms with Crippen LogP contribution < -0.4 is 0 Å². The smallest absolute Gasteiger partial charge is 0.168 e. The fourth-order valence-electron chi connectivity index (χ4n) is 4.04. The van der Waals surface area contributed by atoms with E-state index in [-0.39, 0.29) is 5.78 Å². The van der Waals surface area contributed by atoms with Crippen molar-refractivity contribution in [2.75, 3.05) is 0 Å². The third kappa shape index (κ3) is 2.85. The highest BCUT2D eigenvalue weighted by Crippen LogP contribution is 2.35. The summed E-state index contributed by atoms with van der Waals surface area (Å²) in [5.74, 6) is 0.124. The van der Waals surface area contributed by atoms with Crippen LogP contribution in [0.3, 0.4) is 0 Å². The lowest BCUT2D eigenvalue weighted by Gasteiger charge is -2.15. The van der Waals surface area contributed by atoms with Crippen molar-refractivity contribution in [1.82, 2.24) is 9.78 Å². The molecule has 1 aromatic heterocycles. The Labute approximate surface area is 164 Å². The lowest BCUT2D eigenvalue weighted by atomic mass is 9.88. The molecule has 0 radical (unpaired) electrons. The van der Waals surface area contributed by atoms with Gasteiger partial charge in [-0.2, -0.15) is 5.10 Å². The summed E-state index contributed by atoms with van der Waals surface area (Å²) >= 11 is 0. The SMILES string of the molecule is O=C(Cc1c2c(nn1-c1ccccc1)-c1ccccc1CC2)c1ccccc1. The second kappa shape index (κ2) is 6.93. The molecular formula is C25H20N2O. The molecule has 0 atom stereocenters. The minimum Gasteiger partial charge on any atom is -0.294 e. The summed E-state index contributed by atoms with van der Waals surface area (Å²) in [6, 6.07) is 28.1. The van der Waals surface area contributed by atoms with E-state index in [1.807, 2.05) is 65.3 Å². The molecule has 1 heterocycles. The van der Waals surface area contributed by atoms with Crippen molar-refractivity contribution < 1.29 is 4.79 Å². The molecule has 0 N–H and O–H groups in total. The van der Waals surface area contributed by atoms with Gasteiger partial charge in [0, 0.05) is 16.7 Å². The van der Waals surface area contributed by atoms with E-state index in [0.717, 1.165) is 35.5 Å². The highest BCUT2D eigenvalue weighted by atomic mass is 16.1. The first-order chi connectivity index (χ1) is 13.8. The molecule has 28 heavy (non-hydrogen) atoms. The van der Waals surface area contributed by atoms with Gasteiger partial charge in [-0.3, -0.25) is 4.79 Å². The summed E-state index contributed by atoms with van der Waals surface area (Å²) in [6.07, 6.45) is 2.25. The van der Waals surface area contributed by atoms with Crippen LogP contribution >= 0.6 is 0 Å². The number of rotatable bonds is 4. The molecule has 0 unspecified atom stereocenters. The maximum atomic E-state index is 13.0. The highest BCUT2D eigenvalue weighted by molar-refractivity contribution is 5.97. The maximum Gasteiger partial charge on any atom is 0.168 e. The Morgan fingerprint density at radius 1 is 0.821 bits per heavy atom. The molecule has 3 aromatic carbocycles. The molecule has 1 aliphatic rings. The van der Waals surface area contributed by atoms with Crippen molar-refractivity contribution in [1.29, 1.82) is 0 Å². The minimum atomic E-state index is 0.124. The van der Waals surface area contributed by atoms with E-state index in [1.54, 1.807) is 0 Å². The zero-order valence-corrected chi connectivity index (χ0v) is 15.5. The number of aromatic nitrogens is 2. The monoisotopic (exact) mass is 364 g/mol. The normalized spacial score (nSPS) is 12.3. The number of hydrogen-bond acceptors (Lipinski definition) is 2. The summed E-state index contributed by atoms with van der Waals surface area (Å²) in [6.45, 7) is 0. The van der Waals surface area contributed by atoms with Crippen LogP contribution in [0.1, 0.15) is 27.2 Å². The molecule has 3 heteroatoms. The van der Waals surface area contributed by atoms with Crippen molar-refractivity contribution in [3.05, 3.63) is 107 Å². The number of Topliss-reactive ketones (excluding diaryl/α,β-unsaturated/α-hetero) is 1. The summed E-state index contributed by atoms with van der Waals surface area (Å²) in [7, 11) is 0. The van der Waals surface area contributed by atoms with E-state index in [9.17, 15) is 4.79 Å². The van der Waals surface area contributed by atoms with Gasteiger partial charge < -0.3 is 0 Å². The van der Waals surface area contributed by atoms with Crippen LogP contribution in [0.2, 0.25) is 0 Å². The molecule has 0 amide bonds. The number of carbonyl (C=O) groups is 1. The molecule has 0 bridgehead atoms. The lowest BCUT2D eigenvalue weighted by molar-refractivity contribution is 0.0991. The van der Waals surface area contributed by atoms with Crippen LogP contribution in [-0.2, 0) is 19.3 Å². The molecular weight excluding hydrogens is 344 g/mol. The average Bonchev–Trinajstić information content (AvgIpc) is 3.14. The Morgan fingerprint density at radius 2 is 1.50 bits per heavy atom. The van der Waals surface area contributed by atoms with Crippen molar-refractivity contribution >= 4 is 5.78 Å². The fraction of sp³-hybridized carbons (Fsp3) is 0.120. The number of hydrogen-bond donors (Lipinski definition) is 0. The van der Waals surface area contributed by atoms with Crippen LogP contribution in [0.5, 0.6) is 0 Å². The summed E-state index contributed by atoms with van der Waals surface area (Å²) < 4.78 is 1.97. The van der Waals surface area contributed by atoms with Crippen molar-refractivity contribution in [2.45, 2.75) is 19.3 Å². The molecule has 5 rings (SSSR count). The number of nitrogens with zero attached hydrogens (tertiary/aromatic N) is 2. The van der Waals surface area contributed by atoms with Gasteiger partial charge in [-0.25, -0.2) is 4.68 Å². The van der Waals surface area contributed by atoms with Gasteiger partial charge in [-0.15, -0.1) is 0 Å². The standard InChI is InChI=1S/C25H20N2O/c28-24(19-10-3-1-4-11-19)17-23-22-16-15-18-9-7-8-14-21(18)25(22)26-27(23)20-12-5-2-6-13-20/h1-14H,15-17H2. The van der Waals surface area contributed by atoms with E-state index in [0.29, 0.717) is 6.42 Å². The van der Waals surface area contributed by atoms with Crippen LogP contribution in [0.4, 0.5) is 0 Å². The van der Waals surface area contributed by atoms with E-state index in [1.165, 1.54) is 16.7 Å². The first kappa shape index (κ1) is 16.7. The predicted molar refractivity (Wildman–Crippen MR) is 111 cm³/mol. The number of aryl methyl sites for hydroxylation is 1. The third-order valence-electron chi connectivity index (χ3n) is 5.43. The largest absolute Gasteiger partial charge is 0.294 e. The van der Waals surface area contributed by atoms with E-state index in [4.69, 9.17) is 5.10 Å². The van der Waals surface area contributed by atoms with Crippen LogP contribution in [0.25, 0.3) is 16.9 Å². The zero-order chi connectivity index (χ0) is 18.9. The van der Waals surface area contributed by atoms with E-state index >= 15 is 0 Å². The third-order valence-corrected chi connectivity index (χ3v) is 5.43. The fourth-order valence-corrected chi connectivity index (χ4v) is 4.04. The zero-order valence-electron chi connectivity index (χ0n) is 15.5. The molecule has 0 fully saturated rings. The molecule has 1 aliphatic carbocycles. The molecule has 4 aromatic rings. The van der Waals surface area contributed by atoms with Crippen molar-refractivity contribution in [3.63, 3.8) is 0 Å². The molecule has 0 saturated heterocycles. The van der Waals surface area contributed by atoms with Crippen LogP contribution in [-0.4, -0.2) is 15.6 Å². The second-order valence-electron chi connectivity index (χ2n) is 7.14. The van der Waals surface area contributed by atoms with Gasteiger partial charge in [0.05, 0.1) is 23.5 Å². The van der Waals surface area contributed by atoms with Crippen LogP contribution in [0.15, 0.2) is 84.9 Å². The molecule has 0 saturated carbocycles. The topological polar surface area (TPSA) is 34.9 Å². The molecule has 3 nitrogen and oxygen atoms in total. The Balaban J connectivity index is 1.65. The molecule has 0 aliphatic heterocycles. The van der Waals surface area contributed by atoms with E-state index in [2.05, 4.69) is 24.3 Å². The average molecular weight is 364 g/mol. The van der Waals surface area contributed by atoms with Gasteiger partial charge in [0.2, 0.25) is 0 Å². The van der Waals surface area contributed by atoms with E-state index < -0.39 is 0 Å². The maximum absolute atomic E-state index is 13.0. The molecule has 136 valence electrons. The van der Waals surface area contributed by atoms with Gasteiger partial charge in [-0.1, -0.05) is 72.8 Å². The van der Waals surface area contributed by atoms with Gasteiger partial charge in [-0.05, 0) is 30.5 Å². The van der Waals surface area contributed by atoms with Gasteiger partial charge in [0.25, 0.3) is 0 Å². The number of fused-ring (bicyclic) bond motifs is 3. The summed E-state index contributed by atoms with van der Waals surface area (Å²) in [5.41, 5.74) is 7.47. The molecule has 0 spiro atoms. The lowest BCUT2D eigenvalue weighted by Crippen LogP contribution is -2.12. The Kier molecular flexibility index (Phi) is 4.13. The summed E-state index contributed by atoms with van der Waals surface area (Å²) in [5, 5.41) is 4.97. The second-order valence-corrected chi connectivity index (χ2v) is 7.14. The van der Waals surface area contributed by atoms with Gasteiger partial charge in [0.15, 0.2) is 5.78 Å². The Bertz CT molecular complexity index is 1140. The highest BCUT2D eigenvalue weighted by Gasteiger charge is 2.26. The Hall–Kier alpha value is -3.46. The predicted octanol–water partition coefficient (Wildman–Crippen LogP) is 5.06. The van der Waals surface area contributed by atoms with Crippen LogP contribution in [0, 0.1) is 0 Å². The Morgan fingerprint density at radius 3 is 2.29 bits per heavy atom. The number of carbonyl (C=O) groups excluding carboxylic acids is 1. The number of benzene rings is 3. The van der Waals surface area contributed by atoms with Crippen molar-refractivity contribution in [3.8, 4) is 16.9 Å². The summed E-state index contributed by atoms with van der Waals surface area (Å²) in [4.78, 5) is 13.0. The first-order valence-corrected chi connectivity index (χ1v) is 9.64. The number of ketones is 1. The van der Waals surface area contributed by atoms with Gasteiger partial charge in [0.1, 0.15) is 0 Å².